The van der Waals surface area contributed by atoms with Crippen LogP contribution in [0.4, 0.5) is 0 Å². The van der Waals surface area contributed by atoms with E-state index in [1.807, 2.05) is 0 Å². The van der Waals surface area contributed by atoms with Gasteiger partial charge in [-0.3, -0.25) is 0 Å². The van der Waals surface area contributed by atoms with E-state index in [0.717, 1.165) is 11.0 Å². The SMILES string of the molecule is C=C(C)C(=O)OC.C=C(C)C(=O)OCC[N+](C)(C)C.[Cl-]. The summed E-state index contributed by atoms with van der Waals surface area (Å²) in [4.78, 5) is 21.1. The molecule has 0 saturated heterocycles. The lowest BCUT2D eigenvalue weighted by atomic mass is 10.4. The van der Waals surface area contributed by atoms with E-state index in [0.29, 0.717) is 17.8 Å². The minimum absolute atomic E-state index is 0. The minimum atomic E-state index is -0.347. The quantitative estimate of drug-likeness (QED) is 0.354. The number of methoxy groups -OCH3 is 1. The van der Waals surface area contributed by atoms with Crippen LogP contribution < -0.4 is 12.4 Å². The zero-order valence-corrected chi connectivity index (χ0v) is 14.0. The summed E-state index contributed by atoms with van der Waals surface area (Å²) < 4.78 is 9.99. The van der Waals surface area contributed by atoms with Crippen molar-refractivity contribution in [3.8, 4) is 0 Å². The van der Waals surface area contributed by atoms with Crippen LogP contribution >= 0.6 is 0 Å². The van der Waals surface area contributed by atoms with Gasteiger partial charge in [0.05, 0.1) is 28.3 Å². The van der Waals surface area contributed by atoms with Crippen molar-refractivity contribution in [3.05, 3.63) is 24.3 Å². The van der Waals surface area contributed by atoms with Crippen LogP contribution in [-0.2, 0) is 19.1 Å². The van der Waals surface area contributed by atoms with Crippen LogP contribution in [0.25, 0.3) is 0 Å². The Kier molecular flexibility index (Phi) is 13.6. The molecule has 0 aliphatic carbocycles. The van der Waals surface area contributed by atoms with Gasteiger partial charge in [-0.25, -0.2) is 9.59 Å². The maximum absolute atomic E-state index is 10.9. The number of carbonyl (C=O) groups is 2. The molecular weight excluding hydrogens is 282 g/mol. The largest absolute Gasteiger partial charge is 1.00 e. The molecule has 0 aromatic carbocycles. The average molecular weight is 308 g/mol. The summed E-state index contributed by atoms with van der Waals surface area (Å²) in [6.45, 7) is 11.4. The molecule has 20 heavy (non-hydrogen) atoms. The van der Waals surface area contributed by atoms with Gasteiger partial charge in [0.2, 0.25) is 0 Å². The minimum Gasteiger partial charge on any atom is -1.00 e. The van der Waals surface area contributed by atoms with Crippen LogP contribution in [0.2, 0.25) is 0 Å². The first-order valence-corrected chi connectivity index (χ1v) is 5.88. The van der Waals surface area contributed by atoms with Gasteiger partial charge in [-0.2, -0.15) is 0 Å². The Balaban J connectivity index is -0.000000312. The number of nitrogens with zero attached hydrogens (tertiary/aromatic N) is 1. The van der Waals surface area contributed by atoms with Crippen molar-refractivity contribution in [1.82, 2.24) is 0 Å². The standard InChI is InChI=1S/C9H18NO2.C5H8O2.ClH/c1-8(2)9(11)12-7-6-10(3,4)5;1-4(2)5(6)7-3;/h1,6-7H2,2-5H3;1H2,2-3H3;1H/q+1;;/p-1. The Morgan fingerprint density at radius 2 is 1.40 bits per heavy atom. The summed E-state index contributed by atoms with van der Waals surface area (Å²) in [6, 6.07) is 0. The first-order chi connectivity index (χ1) is 8.51. The van der Waals surface area contributed by atoms with Crippen molar-refractivity contribution in [3.63, 3.8) is 0 Å². The first kappa shape index (κ1) is 23.7. The number of carbonyl (C=O) groups excluding carboxylic acids is 2. The Hall–Kier alpha value is -1.33. The van der Waals surface area contributed by atoms with E-state index in [9.17, 15) is 9.59 Å². The van der Waals surface area contributed by atoms with Gasteiger partial charge < -0.3 is 26.4 Å². The molecule has 0 bridgehead atoms. The van der Waals surface area contributed by atoms with E-state index in [1.54, 1.807) is 13.8 Å². The number of ether oxygens (including phenoxy) is 2. The lowest BCUT2D eigenvalue weighted by Gasteiger charge is -2.23. The molecule has 118 valence electrons. The van der Waals surface area contributed by atoms with Gasteiger partial charge in [0, 0.05) is 11.1 Å². The summed E-state index contributed by atoms with van der Waals surface area (Å²) in [5.74, 6) is -0.650. The highest BCUT2D eigenvalue weighted by Gasteiger charge is 2.09. The zero-order chi connectivity index (χ0) is 15.6. The zero-order valence-electron chi connectivity index (χ0n) is 13.3. The molecule has 0 spiro atoms. The van der Waals surface area contributed by atoms with Crippen LogP contribution in [-0.4, -0.2) is 57.8 Å². The van der Waals surface area contributed by atoms with Crippen molar-refractivity contribution in [2.24, 2.45) is 0 Å². The van der Waals surface area contributed by atoms with E-state index in [-0.39, 0.29) is 24.3 Å². The number of esters is 2. The van der Waals surface area contributed by atoms with Crippen LogP contribution in [0.3, 0.4) is 0 Å². The lowest BCUT2D eigenvalue weighted by Crippen LogP contribution is -3.00. The maximum atomic E-state index is 10.9. The first-order valence-electron chi connectivity index (χ1n) is 5.88. The smallest absolute Gasteiger partial charge is 0.333 e. The van der Waals surface area contributed by atoms with E-state index in [2.05, 4.69) is 39.0 Å². The fourth-order valence-corrected chi connectivity index (χ4v) is 0.710. The molecule has 0 aromatic heterocycles. The molecular formula is C14H26ClNO4. The van der Waals surface area contributed by atoms with E-state index >= 15 is 0 Å². The molecule has 0 N–H and O–H groups in total. The summed E-state index contributed by atoms with van der Waals surface area (Å²) in [7, 11) is 7.48. The molecule has 6 heteroatoms. The molecule has 0 aliphatic heterocycles. The van der Waals surface area contributed by atoms with Crippen LogP contribution in [0, 0.1) is 0 Å². The second kappa shape index (κ2) is 11.5. The van der Waals surface area contributed by atoms with Gasteiger partial charge in [-0.05, 0) is 13.8 Å². The van der Waals surface area contributed by atoms with Crippen molar-refractivity contribution in [2.75, 3.05) is 41.4 Å². The summed E-state index contributed by atoms with van der Waals surface area (Å²) in [6.07, 6.45) is 0. The number of quaternary nitrogens is 1. The predicted octanol–water partition coefficient (Wildman–Crippen LogP) is -1.45. The molecule has 0 amide bonds. The van der Waals surface area contributed by atoms with Gasteiger partial charge in [0.25, 0.3) is 0 Å². The number of rotatable bonds is 5. The molecule has 0 aromatic rings. The van der Waals surface area contributed by atoms with Crippen molar-refractivity contribution >= 4 is 11.9 Å². The molecule has 0 rings (SSSR count). The third kappa shape index (κ3) is 16.7. The van der Waals surface area contributed by atoms with Crippen LogP contribution in [0.1, 0.15) is 13.8 Å². The second-order valence-electron chi connectivity index (χ2n) is 5.20. The summed E-state index contributed by atoms with van der Waals surface area (Å²) in [5.41, 5.74) is 0.888. The van der Waals surface area contributed by atoms with Crippen LogP contribution in [0.5, 0.6) is 0 Å². The van der Waals surface area contributed by atoms with Gasteiger partial charge in [-0.1, -0.05) is 13.2 Å². The maximum Gasteiger partial charge on any atom is 0.333 e. The lowest BCUT2D eigenvalue weighted by molar-refractivity contribution is -0.870. The van der Waals surface area contributed by atoms with Crippen molar-refractivity contribution in [2.45, 2.75) is 13.8 Å². The Bertz CT molecular complexity index is 346. The Labute approximate surface area is 128 Å². The number of hydrogen-bond donors (Lipinski definition) is 0. The molecule has 0 atom stereocenters. The molecule has 0 fully saturated rings. The van der Waals surface area contributed by atoms with Gasteiger partial charge in [-0.15, -0.1) is 0 Å². The highest BCUT2D eigenvalue weighted by atomic mass is 35.5. The highest BCUT2D eigenvalue weighted by Crippen LogP contribution is 1.94. The van der Waals surface area contributed by atoms with Gasteiger partial charge in [0.15, 0.2) is 0 Å². The van der Waals surface area contributed by atoms with Crippen molar-refractivity contribution in [1.29, 1.82) is 0 Å². The molecule has 5 nitrogen and oxygen atoms in total. The fraction of sp³-hybridized carbons (Fsp3) is 0.571. The topological polar surface area (TPSA) is 52.6 Å². The van der Waals surface area contributed by atoms with Crippen LogP contribution in [0.15, 0.2) is 24.3 Å². The van der Waals surface area contributed by atoms with E-state index in [1.165, 1.54) is 7.11 Å². The third-order valence-electron chi connectivity index (χ3n) is 1.88. The normalized spacial score (nSPS) is 9.30. The fourth-order valence-electron chi connectivity index (χ4n) is 0.710. The molecule has 0 radical (unpaired) electrons. The van der Waals surface area contributed by atoms with E-state index in [4.69, 9.17) is 4.74 Å². The Morgan fingerprint density at radius 3 is 1.60 bits per heavy atom. The molecule has 0 heterocycles. The predicted molar refractivity (Wildman–Crippen MR) is 75.5 cm³/mol. The Morgan fingerprint density at radius 1 is 1.00 bits per heavy atom. The van der Waals surface area contributed by atoms with Gasteiger partial charge in [0.1, 0.15) is 13.2 Å². The monoisotopic (exact) mass is 307 g/mol. The molecule has 0 saturated carbocycles. The summed E-state index contributed by atoms with van der Waals surface area (Å²) in [5, 5.41) is 0. The average Bonchev–Trinajstić information content (AvgIpc) is 2.26. The van der Waals surface area contributed by atoms with Gasteiger partial charge >= 0.3 is 11.9 Å². The molecule has 0 aliphatic rings. The highest BCUT2D eigenvalue weighted by molar-refractivity contribution is 5.87. The number of likely N-dealkylation sites (N-methyl/N-ethyl adjacent to an activating group) is 1. The summed E-state index contributed by atoms with van der Waals surface area (Å²) >= 11 is 0. The number of hydrogen-bond acceptors (Lipinski definition) is 4. The van der Waals surface area contributed by atoms with E-state index < -0.39 is 0 Å². The van der Waals surface area contributed by atoms with Crippen molar-refractivity contribution < 1.29 is 36.0 Å². The third-order valence-corrected chi connectivity index (χ3v) is 1.88. The second-order valence-corrected chi connectivity index (χ2v) is 5.20. The number of halogens is 1. The molecule has 0 unspecified atom stereocenters.